The molecule has 1 rings (SSSR count). The third-order valence-electron chi connectivity index (χ3n) is 2.55. The minimum Gasteiger partial charge on any atom is -0.493 e. The van der Waals surface area contributed by atoms with Crippen LogP contribution < -0.4 is 10.1 Å². The Morgan fingerprint density at radius 1 is 1.38 bits per heavy atom. The number of aromatic carboxylic acids is 1. The fourth-order valence-corrected chi connectivity index (χ4v) is 2.27. The first-order valence-corrected chi connectivity index (χ1v) is 8.22. The average molecular weight is 336 g/mol. The molecule has 0 saturated carbocycles. The molecule has 116 valence electrons. The van der Waals surface area contributed by atoms with Gasteiger partial charge in [0.25, 0.3) is 9.05 Å². The molecule has 2 N–H and O–H groups in total. The highest BCUT2D eigenvalue weighted by molar-refractivity contribution is 8.13. The quantitative estimate of drug-likeness (QED) is 0.572. The molecule has 0 saturated heterocycles. The van der Waals surface area contributed by atoms with Crippen molar-refractivity contribution in [3.8, 4) is 5.75 Å². The summed E-state index contributed by atoms with van der Waals surface area (Å²) in [5, 5.41) is 11.5. The lowest BCUT2D eigenvalue weighted by Gasteiger charge is -2.09. The molecule has 1 aromatic rings. The fourth-order valence-electron chi connectivity index (χ4n) is 1.49. The van der Waals surface area contributed by atoms with Crippen LogP contribution in [0.1, 0.15) is 23.2 Å². The maximum atomic E-state index is 11.2. The molecule has 1 aromatic carbocycles. The molecule has 0 aliphatic rings. The highest BCUT2D eigenvalue weighted by Crippen LogP contribution is 2.25. The maximum Gasteiger partial charge on any atom is 0.339 e. The molecule has 0 fully saturated rings. The summed E-state index contributed by atoms with van der Waals surface area (Å²) in [4.78, 5) is 21.8. The van der Waals surface area contributed by atoms with Gasteiger partial charge in [0.05, 0.1) is 11.5 Å². The van der Waals surface area contributed by atoms with Gasteiger partial charge in [0.15, 0.2) is 0 Å². The van der Waals surface area contributed by atoms with E-state index < -0.39 is 15.0 Å². The smallest absolute Gasteiger partial charge is 0.339 e. The fraction of sp³-hybridized carbons (Fsp3) is 0.333. The Kier molecular flexibility index (Phi) is 5.98. The SMILES string of the molecule is CNC(=O)CCCOc1ccc(S(=O)(=O)Cl)cc1C(=O)O. The summed E-state index contributed by atoms with van der Waals surface area (Å²) < 4.78 is 27.6. The van der Waals surface area contributed by atoms with Crippen LogP contribution in [0, 0.1) is 0 Å². The predicted octanol–water partition coefficient (Wildman–Crippen LogP) is 1.22. The first-order chi connectivity index (χ1) is 9.75. The number of carbonyl (C=O) groups is 2. The van der Waals surface area contributed by atoms with Gasteiger partial charge in [-0.2, -0.15) is 0 Å². The van der Waals surface area contributed by atoms with Crippen molar-refractivity contribution in [2.75, 3.05) is 13.7 Å². The van der Waals surface area contributed by atoms with Crippen LogP contribution in [0.25, 0.3) is 0 Å². The van der Waals surface area contributed by atoms with Crippen molar-refractivity contribution in [1.29, 1.82) is 0 Å². The molecule has 7 nitrogen and oxygen atoms in total. The Labute approximate surface area is 126 Å². The van der Waals surface area contributed by atoms with Crippen molar-refractivity contribution in [3.05, 3.63) is 23.8 Å². The first-order valence-electron chi connectivity index (χ1n) is 5.91. The van der Waals surface area contributed by atoms with E-state index in [1.165, 1.54) is 13.1 Å². The molecule has 1 amide bonds. The molecule has 0 aromatic heterocycles. The summed E-state index contributed by atoms with van der Waals surface area (Å²) in [5.74, 6) is -1.47. The maximum absolute atomic E-state index is 11.2. The van der Waals surface area contributed by atoms with Crippen LogP contribution in [-0.4, -0.2) is 39.1 Å². The van der Waals surface area contributed by atoms with Gasteiger partial charge in [0.1, 0.15) is 11.3 Å². The summed E-state index contributed by atoms with van der Waals surface area (Å²) in [6.07, 6.45) is 0.640. The van der Waals surface area contributed by atoms with Crippen LogP contribution >= 0.6 is 10.7 Å². The number of halogens is 1. The lowest BCUT2D eigenvalue weighted by atomic mass is 10.2. The van der Waals surface area contributed by atoms with Gasteiger partial charge in [-0.1, -0.05) is 0 Å². The van der Waals surface area contributed by atoms with E-state index in [1.54, 1.807) is 0 Å². The van der Waals surface area contributed by atoms with Crippen molar-refractivity contribution in [1.82, 2.24) is 5.32 Å². The normalized spacial score (nSPS) is 11.0. The van der Waals surface area contributed by atoms with E-state index in [9.17, 15) is 18.0 Å². The standard InChI is InChI=1S/C12H14ClNO6S/c1-14-11(15)3-2-6-20-10-5-4-8(21(13,18)19)7-9(10)12(16)17/h4-5,7H,2-3,6H2,1H3,(H,14,15)(H,16,17). The number of carboxylic acid groups (broad SMARTS) is 1. The summed E-state index contributed by atoms with van der Waals surface area (Å²) in [6.45, 7) is 0.126. The number of benzene rings is 1. The number of nitrogens with one attached hydrogen (secondary N) is 1. The number of carboxylic acids is 1. The van der Waals surface area contributed by atoms with Crippen molar-refractivity contribution in [2.24, 2.45) is 0 Å². The lowest BCUT2D eigenvalue weighted by Crippen LogP contribution is -2.18. The zero-order valence-electron chi connectivity index (χ0n) is 11.1. The van der Waals surface area contributed by atoms with Gasteiger partial charge >= 0.3 is 5.97 Å². The topological polar surface area (TPSA) is 110 Å². The van der Waals surface area contributed by atoms with E-state index in [2.05, 4.69) is 5.32 Å². The number of hydrogen-bond acceptors (Lipinski definition) is 5. The average Bonchev–Trinajstić information content (AvgIpc) is 2.41. The van der Waals surface area contributed by atoms with Crippen LogP contribution in [0.4, 0.5) is 0 Å². The monoisotopic (exact) mass is 335 g/mol. The van der Waals surface area contributed by atoms with E-state index in [0.717, 1.165) is 12.1 Å². The molecule has 9 heteroatoms. The molecular formula is C12H14ClNO6S. The van der Waals surface area contributed by atoms with E-state index in [4.69, 9.17) is 20.5 Å². The molecule has 0 bridgehead atoms. The molecule has 0 aliphatic carbocycles. The van der Waals surface area contributed by atoms with E-state index in [1.807, 2.05) is 0 Å². The molecule has 21 heavy (non-hydrogen) atoms. The number of amides is 1. The number of rotatable bonds is 7. The van der Waals surface area contributed by atoms with Crippen LogP contribution in [0.2, 0.25) is 0 Å². The predicted molar refractivity (Wildman–Crippen MR) is 75.2 cm³/mol. The van der Waals surface area contributed by atoms with Crippen molar-refractivity contribution in [2.45, 2.75) is 17.7 Å². The van der Waals surface area contributed by atoms with E-state index >= 15 is 0 Å². The van der Waals surface area contributed by atoms with Crippen molar-refractivity contribution >= 4 is 31.6 Å². The minimum atomic E-state index is -4.01. The molecule has 0 unspecified atom stereocenters. The van der Waals surface area contributed by atoms with Gasteiger partial charge < -0.3 is 15.2 Å². The largest absolute Gasteiger partial charge is 0.493 e. The van der Waals surface area contributed by atoms with Gasteiger partial charge in [-0.15, -0.1) is 0 Å². The van der Waals surface area contributed by atoms with Crippen LogP contribution in [0.3, 0.4) is 0 Å². The number of ether oxygens (including phenoxy) is 1. The van der Waals surface area contributed by atoms with Gasteiger partial charge in [-0.3, -0.25) is 4.79 Å². The second-order valence-corrected chi connectivity index (χ2v) is 6.59. The summed E-state index contributed by atoms with van der Waals surface area (Å²) in [6, 6.07) is 3.31. The molecule has 0 aliphatic heterocycles. The van der Waals surface area contributed by atoms with Crippen LogP contribution in [0.15, 0.2) is 23.1 Å². The van der Waals surface area contributed by atoms with Gasteiger partial charge in [-0.25, -0.2) is 13.2 Å². The summed E-state index contributed by atoms with van der Waals surface area (Å²) in [7, 11) is 2.66. The summed E-state index contributed by atoms with van der Waals surface area (Å²) >= 11 is 0. The lowest BCUT2D eigenvalue weighted by molar-refractivity contribution is -0.120. The molecule has 0 heterocycles. The zero-order valence-corrected chi connectivity index (χ0v) is 12.7. The van der Waals surface area contributed by atoms with Crippen LogP contribution in [-0.2, 0) is 13.8 Å². The van der Waals surface area contributed by atoms with E-state index in [-0.39, 0.29) is 35.1 Å². The Morgan fingerprint density at radius 2 is 2.05 bits per heavy atom. The molecular weight excluding hydrogens is 322 g/mol. The Bertz CT molecular complexity index is 643. The van der Waals surface area contributed by atoms with Gasteiger partial charge in [0.2, 0.25) is 5.91 Å². The van der Waals surface area contributed by atoms with Crippen LogP contribution in [0.5, 0.6) is 5.75 Å². The number of carbonyl (C=O) groups excluding carboxylic acids is 1. The van der Waals surface area contributed by atoms with Crippen molar-refractivity contribution in [3.63, 3.8) is 0 Å². The first kappa shape index (κ1) is 17.3. The third kappa shape index (κ3) is 5.24. The molecule has 0 radical (unpaired) electrons. The highest BCUT2D eigenvalue weighted by Gasteiger charge is 2.17. The van der Waals surface area contributed by atoms with Crippen molar-refractivity contribution < 1.29 is 27.9 Å². The minimum absolute atomic E-state index is 0.0171. The Balaban J connectivity index is 2.83. The number of hydrogen-bond donors (Lipinski definition) is 2. The summed E-state index contributed by atoms with van der Waals surface area (Å²) in [5.41, 5.74) is -0.309. The Morgan fingerprint density at radius 3 is 2.57 bits per heavy atom. The molecule has 0 spiro atoms. The van der Waals surface area contributed by atoms with E-state index in [0.29, 0.717) is 6.42 Å². The third-order valence-corrected chi connectivity index (χ3v) is 3.90. The van der Waals surface area contributed by atoms with Gasteiger partial charge in [0, 0.05) is 24.2 Å². The Hall–Kier alpha value is -1.80. The molecule has 0 atom stereocenters. The second kappa shape index (κ2) is 7.28. The highest BCUT2D eigenvalue weighted by atomic mass is 35.7. The second-order valence-electron chi connectivity index (χ2n) is 4.03. The zero-order chi connectivity index (χ0) is 16.0. The van der Waals surface area contributed by atoms with Gasteiger partial charge in [-0.05, 0) is 24.6 Å².